The van der Waals surface area contributed by atoms with E-state index in [0.29, 0.717) is 0 Å². The lowest BCUT2D eigenvalue weighted by molar-refractivity contribution is 2.08. The Kier molecular flexibility index (Phi) is 3.05. The van der Waals surface area contributed by atoms with Gasteiger partial charge in [0.05, 0.1) is 0 Å². The average molecular weight is 230 g/mol. The van der Waals surface area contributed by atoms with Crippen molar-refractivity contribution in [2.75, 3.05) is 12.5 Å². The van der Waals surface area contributed by atoms with E-state index in [9.17, 15) is 0 Å². The zero-order valence-corrected chi connectivity index (χ0v) is 8.34. The first kappa shape index (κ1) is 8.14. The lowest BCUT2D eigenvalue weighted by atomic mass is 9.84. The van der Waals surface area contributed by atoms with Crippen LogP contribution >= 0.6 is 28.3 Å². The van der Waals surface area contributed by atoms with Crippen LogP contribution in [0.1, 0.15) is 0 Å². The Morgan fingerprint density at radius 2 is 1.43 bits per heavy atom. The predicted molar refractivity (Wildman–Crippen MR) is 50.9 cm³/mol. The molecule has 7 heavy (non-hydrogen) atoms. The maximum absolute atomic E-state index is 2.55. The SMILES string of the molecule is CB(C)S(C)(C)I. The van der Waals surface area contributed by atoms with E-state index in [1.807, 2.05) is 0 Å². The molecule has 0 bridgehead atoms. The van der Waals surface area contributed by atoms with Gasteiger partial charge in [-0.1, -0.05) is 13.6 Å². The van der Waals surface area contributed by atoms with E-state index in [4.69, 9.17) is 0 Å². The van der Waals surface area contributed by atoms with Crippen LogP contribution in [-0.2, 0) is 0 Å². The zero-order chi connectivity index (χ0) is 6.08. The van der Waals surface area contributed by atoms with Crippen LogP contribution in [0.2, 0.25) is 13.6 Å². The van der Waals surface area contributed by atoms with E-state index in [0.717, 1.165) is 5.99 Å². The minimum Gasteiger partial charge on any atom is -0.222 e. The molecule has 0 aromatic rings. The number of halogens is 1. The highest BCUT2D eigenvalue weighted by atomic mass is 127. The van der Waals surface area contributed by atoms with Crippen LogP contribution in [-0.4, -0.2) is 18.5 Å². The standard InChI is InChI=1S/C4H12BIS/c1-5(2)7(3,4)6/h1-4H3. The van der Waals surface area contributed by atoms with Crippen LogP contribution in [0.4, 0.5) is 0 Å². The Balaban J connectivity index is 3.54. The molecule has 0 nitrogen and oxygen atoms in total. The second kappa shape index (κ2) is 2.62. The van der Waals surface area contributed by atoms with Crippen LogP contribution < -0.4 is 0 Å². The Labute approximate surface area is 60.3 Å². The summed E-state index contributed by atoms with van der Waals surface area (Å²) in [5.74, 6) is 0.869. The van der Waals surface area contributed by atoms with Crippen LogP contribution in [0.15, 0.2) is 0 Å². The third kappa shape index (κ3) is 3.70. The van der Waals surface area contributed by atoms with Gasteiger partial charge in [-0.15, -0.1) is 0 Å². The molecule has 0 heterocycles. The molecule has 0 unspecified atom stereocenters. The van der Waals surface area contributed by atoms with E-state index in [2.05, 4.69) is 47.4 Å². The van der Waals surface area contributed by atoms with E-state index < -0.39 is 0 Å². The summed E-state index contributed by atoms with van der Waals surface area (Å²) in [4.78, 5) is 0. The maximum atomic E-state index is 2.55. The van der Waals surface area contributed by atoms with E-state index >= 15 is 0 Å². The fourth-order valence-corrected chi connectivity index (χ4v) is 0. The van der Waals surface area contributed by atoms with E-state index in [1.165, 1.54) is 0 Å². The second-order valence-corrected chi connectivity index (χ2v) is 12.6. The molecular weight excluding hydrogens is 218 g/mol. The van der Waals surface area contributed by atoms with Crippen molar-refractivity contribution in [2.24, 2.45) is 0 Å². The molecule has 0 saturated carbocycles. The van der Waals surface area contributed by atoms with Gasteiger partial charge in [-0.2, -0.15) is 0 Å². The fourth-order valence-electron chi connectivity index (χ4n) is 0. The van der Waals surface area contributed by atoms with Gasteiger partial charge in [0.2, 0.25) is 0 Å². The molecule has 0 saturated heterocycles. The highest BCUT2D eigenvalue weighted by Gasteiger charge is 2.13. The fraction of sp³-hybridized carbons (Fsp3) is 1.00. The molecule has 0 spiro atoms. The summed E-state index contributed by atoms with van der Waals surface area (Å²) in [5, 5.41) is 0. The summed E-state index contributed by atoms with van der Waals surface area (Å²) in [5.41, 5.74) is 0. The first-order valence-electron chi connectivity index (χ1n) is 2.36. The van der Waals surface area contributed by atoms with Crippen LogP contribution in [0.5, 0.6) is 0 Å². The van der Waals surface area contributed by atoms with Crippen LogP contribution in [0, 0.1) is 0 Å². The minimum atomic E-state index is -0.271. The minimum absolute atomic E-state index is 0.271. The summed E-state index contributed by atoms with van der Waals surface area (Å²) in [6, 6.07) is 0. The molecule has 44 valence electrons. The Morgan fingerprint density at radius 3 is 1.43 bits per heavy atom. The summed E-state index contributed by atoms with van der Waals surface area (Å²) in [6.07, 6.45) is 4.66. The molecule has 0 N–H and O–H groups in total. The van der Waals surface area contributed by atoms with Gasteiger partial charge in [0.25, 0.3) is 0 Å². The molecule has 0 aliphatic carbocycles. The van der Waals surface area contributed by atoms with Gasteiger partial charge >= 0.3 is 0 Å². The molecule has 0 atom stereocenters. The maximum Gasteiger partial charge on any atom is 0.194 e. The van der Waals surface area contributed by atoms with Gasteiger partial charge in [0.1, 0.15) is 0 Å². The topological polar surface area (TPSA) is 0 Å². The van der Waals surface area contributed by atoms with Crippen molar-refractivity contribution in [1.82, 2.24) is 0 Å². The van der Waals surface area contributed by atoms with Crippen molar-refractivity contribution in [2.45, 2.75) is 13.6 Å². The number of hydrogen-bond donors (Lipinski definition) is 0. The van der Waals surface area contributed by atoms with Gasteiger partial charge in [-0.3, -0.25) is 0 Å². The smallest absolute Gasteiger partial charge is 0.194 e. The summed E-state index contributed by atoms with van der Waals surface area (Å²) < 4.78 is 0. The van der Waals surface area contributed by atoms with Gasteiger partial charge in [-0.05, 0) is 33.7 Å². The predicted octanol–water partition coefficient (Wildman–Crippen LogP) is 2.65. The molecule has 0 aliphatic rings. The normalized spacial score (nSPS) is 13.9. The quantitative estimate of drug-likeness (QED) is 0.479. The van der Waals surface area contributed by atoms with Crippen molar-refractivity contribution in [3.63, 3.8) is 0 Å². The lowest BCUT2D eigenvalue weighted by Crippen LogP contribution is -2.05. The van der Waals surface area contributed by atoms with Crippen molar-refractivity contribution >= 4 is 34.2 Å². The highest BCUT2D eigenvalue weighted by molar-refractivity contribution is 14.2. The van der Waals surface area contributed by atoms with Gasteiger partial charge < -0.3 is 0 Å². The first-order chi connectivity index (χ1) is 2.94. The van der Waals surface area contributed by atoms with Gasteiger partial charge in [0.15, 0.2) is 5.99 Å². The lowest BCUT2D eigenvalue weighted by Gasteiger charge is -2.24. The van der Waals surface area contributed by atoms with Gasteiger partial charge in [-0.25, -0.2) is 7.05 Å². The van der Waals surface area contributed by atoms with Crippen molar-refractivity contribution in [1.29, 1.82) is 0 Å². The molecule has 3 heteroatoms. The molecular formula is C4H12BIS. The van der Waals surface area contributed by atoms with Crippen molar-refractivity contribution in [3.05, 3.63) is 0 Å². The summed E-state index contributed by atoms with van der Waals surface area (Å²) in [7, 11) is -0.271. The number of rotatable bonds is 1. The Morgan fingerprint density at radius 1 is 1.29 bits per heavy atom. The monoisotopic (exact) mass is 230 g/mol. The first-order valence-corrected chi connectivity index (χ1v) is 7.42. The van der Waals surface area contributed by atoms with Gasteiger partial charge in [0, 0.05) is 0 Å². The molecule has 0 amide bonds. The Bertz CT molecular complexity index is 57.2. The largest absolute Gasteiger partial charge is 0.222 e. The molecule has 0 rings (SSSR count). The van der Waals surface area contributed by atoms with E-state index in [-0.39, 0.29) is 7.05 Å². The highest BCUT2D eigenvalue weighted by Crippen LogP contribution is 2.51. The Hall–Kier alpha value is 1.14. The van der Waals surface area contributed by atoms with E-state index in [1.54, 1.807) is 0 Å². The summed E-state index contributed by atoms with van der Waals surface area (Å²) >= 11 is 2.55. The summed E-state index contributed by atoms with van der Waals surface area (Å²) in [6.45, 7) is 4.56. The van der Waals surface area contributed by atoms with Crippen LogP contribution in [0.25, 0.3) is 0 Å². The molecule has 0 radical (unpaired) electrons. The third-order valence-corrected chi connectivity index (χ3v) is 6.41. The molecule has 0 aromatic carbocycles. The van der Waals surface area contributed by atoms with Crippen molar-refractivity contribution in [3.8, 4) is 0 Å². The molecule has 0 aromatic heterocycles. The third-order valence-electron chi connectivity index (χ3n) is 1.12. The second-order valence-electron chi connectivity index (χ2n) is 2.33. The zero-order valence-electron chi connectivity index (χ0n) is 5.36. The molecule has 0 aliphatic heterocycles. The average Bonchev–Trinajstić information content (AvgIpc) is 1.31. The van der Waals surface area contributed by atoms with Crippen LogP contribution in [0.3, 0.4) is 0 Å². The van der Waals surface area contributed by atoms with Crippen molar-refractivity contribution < 1.29 is 0 Å². The number of hydrogen-bond acceptors (Lipinski definition) is 0. The molecule has 0 fully saturated rings.